The zero-order valence-electron chi connectivity index (χ0n) is 12.3. The summed E-state index contributed by atoms with van der Waals surface area (Å²) in [6.07, 6.45) is 0.185. The maximum Gasteiger partial charge on any atom is 0.238 e. The number of rotatable bonds is 4. The molecule has 20 heavy (non-hydrogen) atoms. The second-order valence-electron chi connectivity index (χ2n) is 5.17. The van der Waals surface area contributed by atoms with Gasteiger partial charge < -0.3 is 14.8 Å². The quantitative estimate of drug-likeness (QED) is 0.910. The largest absolute Gasteiger partial charge is 0.495 e. The molecule has 0 spiro atoms. The summed E-state index contributed by atoms with van der Waals surface area (Å²) in [6, 6.07) is 5.73. The molecule has 1 aromatic carbocycles. The van der Waals surface area contributed by atoms with Gasteiger partial charge in [-0.05, 0) is 31.5 Å². The molecule has 1 aromatic rings. The van der Waals surface area contributed by atoms with E-state index in [1.165, 1.54) is 0 Å². The minimum atomic E-state index is -0.0250. The standard InChI is InChI=1S/C15H22N2O3/c1-11-4-5-14(19-3)13(8-11)16-15(18)10-17-6-7-20-12(2)9-17/h4-5,8,12H,6-7,9-10H2,1-3H3,(H,16,18)/t12-/m0/s1. The predicted molar refractivity (Wildman–Crippen MR) is 78.2 cm³/mol. The summed E-state index contributed by atoms with van der Waals surface area (Å²) in [5.41, 5.74) is 1.81. The van der Waals surface area contributed by atoms with E-state index in [-0.39, 0.29) is 12.0 Å². The minimum Gasteiger partial charge on any atom is -0.495 e. The van der Waals surface area contributed by atoms with Crippen molar-refractivity contribution >= 4 is 11.6 Å². The number of aryl methyl sites for hydroxylation is 1. The van der Waals surface area contributed by atoms with Gasteiger partial charge >= 0.3 is 0 Å². The first kappa shape index (κ1) is 14.8. The van der Waals surface area contributed by atoms with Crippen molar-refractivity contribution in [2.24, 2.45) is 0 Å². The second kappa shape index (κ2) is 6.72. The topological polar surface area (TPSA) is 50.8 Å². The maximum atomic E-state index is 12.1. The third kappa shape index (κ3) is 3.95. The summed E-state index contributed by atoms with van der Waals surface area (Å²) in [4.78, 5) is 14.2. The molecule has 0 aromatic heterocycles. The average molecular weight is 278 g/mol. The molecule has 0 bridgehead atoms. The van der Waals surface area contributed by atoms with Gasteiger partial charge in [0, 0.05) is 13.1 Å². The van der Waals surface area contributed by atoms with E-state index in [9.17, 15) is 4.79 Å². The number of nitrogens with zero attached hydrogens (tertiary/aromatic N) is 1. The fraction of sp³-hybridized carbons (Fsp3) is 0.533. The van der Waals surface area contributed by atoms with Gasteiger partial charge in [-0.25, -0.2) is 0 Å². The van der Waals surface area contributed by atoms with Crippen molar-refractivity contribution in [1.29, 1.82) is 0 Å². The molecule has 2 rings (SSSR count). The van der Waals surface area contributed by atoms with Gasteiger partial charge in [0.2, 0.25) is 5.91 Å². The molecule has 1 heterocycles. The Balaban J connectivity index is 1.95. The smallest absolute Gasteiger partial charge is 0.238 e. The normalized spacial score (nSPS) is 19.6. The van der Waals surface area contributed by atoms with E-state index in [2.05, 4.69) is 10.2 Å². The molecule has 0 radical (unpaired) electrons. The molecule has 5 heteroatoms. The lowest BCUT2D eigenvalue weighted by molar-refractivity contribution is -0.119. The first-order valence-electron chi connectivity index (χ1n) is 6.87. The van der Waals surface area contributed by atoms with E-state index in [1.54, 1.807) is 7.11 Å². The third-order valence-electron chi connectivity index (χ3n) is 3.32. The first-order chi connectivity index (χ1) is 9.58. The Morgan fingerprint density at radius 2 is 2.35 bits per heavy atom. The van der Waals surface area contributed by atoms with Gasteiger partial charge in [-0.3, -0.25) is 9.69 Å². The van der Waals surface area contributed by atoms with Crippen LogP contribution in [0.4, 0.5) is 5.69 Å². The van der Waals surface area contributed by atoms with Crippen molar-refractivity contribution in [3.05, 3.63) is 23.8 Å². The number of amides is 1. The summed E-state index contributed by atoms with van der Waals surface area (Å²) < 4.78 is 10.7. The lowest BCUT2D eigenvalue weighted by atomic mass is 10.2. The molecular formula is C15H22N2O3. The summed E-state index contributed by atoms with van der Waals surface area (Å²) in [6.45, 7) is 6.65. The van der Waals surface area contributed by atoms with E-state index in [4.69, 9.17) is 9.47 Å². The van der Waals surface area contributed by atoms with Crippen LogP contribution in [-0.2, 0) is 9.53 Å². The van der Waals surface area contributed by atoms with E-state index in [0.29, 0.717) is 18.9 Å². The minimum absolute atomic E-state index is 0.0250. The van der Waals surface area contributed by atoms with Crippen LogP contribution in [0.2, 0.25) is 0 Å². The maximum absolute atomic E-state index is 12.1. The highest BCUT2D eigenvalue weighted by Gasteiger charge is 2.19. The molecule has 0 aliphatic carbocycles. The number of methoxy groups -OCH3 is 1. The number of anilines is 1. The van der Waals surface area contributed by atoms with Crippen molar-refractivity contribution in [2.75, 3.05) is 38.7 Å². The van der Waals surface area contributed by atoms with E-state index < -0.39 is 0 Å². The number of benzene rings is 1. The Morgan fingerprint density at radius 1 is 1.55 bits per heavy atom. The number of ether oxygens (including phenoxy) is 2. The van der Waals surface area contributed by atoms with Crippen LogP contribution in [0.25, 0.3) is 0 Å². The highest BCUT2D eigenvalue weighted by atomic mass is 16.5. The molecule has 1 saturated heterocycles. The molecule has 5 nitrogen and oxygen atoms in total. The van der Waals surface area contributed by atoms with Gasteiger partial charge in [-0.2, -0.15) is 0 Å². The number of hydrogen-bond acceptors (Lipinski definition) is 4. The van der Waals surface area contributed by atoms with Crippen molar-refractivity contribution in [1.82, 2.24) is 4.90 Å². The molecule has 1 fully saturated rings. The van der Waals surface area contributed by atoms with Crippen LogP contribution in [0.1, 0.15) is 12.5 Å². The molecule has 0 unspecified atom stereocenters. The first-order valence-corrected chi connectivity index (χ1v) is 6.87. The Kier molecular flexibility index (Phi) is 4.98. The van der Waals surface area contributed by atoms with Crippen LogP contribution >= 0.6 is 0 Å². The molecule has 1 aliphatic rings. The van der Waals surface area contributed by atoms with Crippen LogP contribution in [0, 0.1) is 6.92 Å². The number of carbonyl (C=O) groups is 1. The highest BCUT2D eigenvalue weighted by molar-refractivity contribution is 5.93. The van der Waals surface area contributed by atoms with Crippen LogP contribution in [-0.4, -0.2) is 50.3 Å². The zero-order valence-corrected chi connectivity index (χ0v) is 12.3. The predicted octanol–water partition coefficient (Wildman–Crippen LogP) is 1.66. The molecule has 1 N–H and O–H groups in total. The number of nitrogens with one attached hydrogen (secondary N) is 1. The highest BCUT2D eigenvalue weighted by Crippen LogP contribution is 2.25. The fourth-order valence-electron chi connectivity index (χ4n) is 2.35. The van der Waals surface area contributed by atoms with Gasteiger partial charge in [-0.1, -0.05) is 6.07 Å². The van der Waals surface area contributed by atoms with Gasteiger partial charge in [-0.15, -0.1) is 0 Å². The van der Waals surface area contributed by atoms with Crippen LogP contribution < -0.4 is 10.1 Å². The van der Waals surface area contributed by atoms with Gasteiger partial charge in [0.05, 0.1) is 32.1 Å². The van der Waals surface area contributed by atoms with Crippen molar-refractivity contribution < 1.29 is 14.3 Å². The molecule has 0 saturated carbocycles. The summed E-state index contributed by atoms with van der Waals surface area (Å²) in [5, 5.41) is 2.92. The Hall–Kier alpha value is -1.59. The summed E-state index contributed by atoms with van der Waals surface area (Å²) in [5.74, 6) is 0.655. The molecule has 1 amide bonds. The van der Waals surface area contributed by atoms with E-state index >= 15 is 0 Å². The Labute approximate surface area is 119 Å². The fourth-order valence-corrected chi connectivity index (χ4v) is 2.35. The lowest BCUT2D eigenvalue weighted by Crippen LogP contribution is -2.44. The van der Waals surface area contributed by atoms with Crippen LogP contribution in [0.3, 0.4) is 0 Å². The zero-order chi connectivity index (χ0) is 14.5. The molecule has 1 atom stereocenters. The number of hydrogen-bond donors (Lipinski definition) is 1. The molecular weight excluding hydrogens is 256 g/mol. The monoisotopic (exact) mass is 278 g/mol. The second-order valence-corrected chi connectivity index (χ2v) is 5.17. The average Bonchev–Trinajstić information content (AvgIpc) is 2.38. The summed E-state index contributed by atoms with van der Waals surface area (Å²) in [7, 11) is 1.60. The van der Waals surface area contributed by atoms with Crippen LogP contribution in [0.15, 0.2) is 18.2 Å². The van der Waals surface area contributed by atoms with Crippen molar-refractivity contribution in [3.8, 4) is 5.75 Å². The van der Waals surface area contributed by atoms with Crippen molar-refractivity contribution in [2.45, 2.75) is 20.0 Å². The SMILES string of the molecule is COc1ccc(C)cc1NC(=O)CN1CCO[C@@H](C)C1. The van der Waals surface area contributed by atoms with Gasteiger partial charge in [0.15, 0.2) is 0 Å². The van der Waals surface area contributed by atoms with Gasteiger partial charge in [0.1, 0.15) is 5.75 Å². The van der Waals surface area contributed by atoms with E-state index in [0.717, 1.165) is 24.3 Å². The van der Waals surface area contributed by atoms with Crippen LogP contribution in [0.5, 0.6) is 5.75 Å². The molecule has 1 aliphatic heterocycles. The van der Waals surface area contributed by atoms with E-state index in [1.807, 2.05) is 32.0 Å². The van der Waals surface area contributed by atoms with Crippen molar-refractivity contribution in [3.63, 3.8) is 0 Å². The Morgan fingerprint density at radius 3 is 3.05 bits per heavy atom. The number of morpholine rings is 1. The van der Waals surface area contributed by atoms with Gasteiger partial charge in [0.25, 0.3) is 0 Å². The Bertz CT molecular complexity index is 476. The molecule has 110 valence electrons. The summed E-state index contributed by atoms with van der Waals surface area (Å²) >= 11 is 0. The number of carbonyl (C=O) groups excluding carboxylic acids is 1. The third-order valence-corrected chi connectivity index (χ3v) is 3.32. The lowest BCUT2D eigenvalue weighted by Gasteiger charge is -2.30.